The number of carbonyl (C=O) groups excluding carboxylic acids is 1. The summed E-state index contributed by atoms with van der Waals surface area (Å²) in [7, 11) is 0. The summed E-state index contributed by atoms with van der Waals surface area (Å²) in [6.45, 7) is -0.0699. The molecule has 0 bridgehead atoms. The molecule has 0 radical (unpaired) electrons. The maximum absolute atomic E-state index is 12.4. The van der Waals surface area contributed by atoms with Gasteiger partial charge in [0.25, 0.3) is 5.91 Å². The molecule has 2 heterocycles. The number of anilines is 1. The number of nitrogens with one attached hydrogen (secondary N) is 1. The molecule has 0 spiro atoms. The van der Waals surface area contributed by atoms with Gasteiger partial charge in [-0.05, 0) is 40.1 Å². The number of hydrazone groups is 1. The monoisotopic (exact) mass is 377 g/mol. The minimum absolute atomic E-state index is 0.0699. The van der Waals surface area contributed by atoms with Crippen LogP contribution in [-0.4, -0.2) is 37.1 Å². The maximum atomic E-state index is 12.4. The number of nitrogens with two attached hydrogens (primary N) is 1. The van der Waals surface area contributed by atoms with Crippen LogP contribution in [-0.2, 0) is 11.3 Å². The SMILES string of the molecule is Nc1nonc1-c1nc2ccccc2n1CC(=O)N/N=C/c1cccc(O)c1. The van der Waals surface area contributed by atoms with E-state index < -0.39 is 0 Å². The zero-order chi connectivity index (χ0) is 19.5. The van der Waals surface area contributed by atoms with Gasteiger partial charge in [0.2, 0.25) is 0 Å². The minimum atomic E-state index is -0.379. The van der Waals surface area contributed by atoms with E-state index in [9.17, 15) is 9.90 Å². The molecule has 140 valence electrons. The number of aromatic hydroxyl groups is 1. The molecule has 10 heteroatoms. The Morgan fingerprint density at radius 1 is 1.25 bits per heavy atom. The number of phenolic OH excluding ortho intramolecular Hbond substituents is 1. The van der Waals surface area contributed by atoms with Crippen molar-refractivity contribution >= 4 is 29.0 Å². The molecular formula is C18H15N7O3. The predicted molar refractivity (Wildman–Crippen MR) is 101 cm³/mol. The Labute approximate surface area is 158 Å². The van der Waals surface area contributed by atoms with E-state index in [1.54, 1.807) is 22.8 Å². The summed E-state index contributed by atoms with van der Waals surface area (Å²) >= 11 is 0. The van der Waals surface area contributed by atoms with Gasteiger partial charge in [-0.1, -0.05) is 24.3 Å². The fraction of sp³-hybridized carbons (Fsp3) is 0.0556. The molecule has 0 saturated carbocycles. The quantitative estimate of drug-likeness (QED) is 0.353. The summed E-state index contributed by atoms with van der Waals surface area (Å²) < 4.78 is 6.31. The second-order valence-electron chi connectivity index (χ2n) is 5.90. The lowest BCUT2D eigenvalue weighted by Gasteiger charge is -2.06. The van der Waals surface area contributed by atoms with E-state index in [0.29, 0.717) is 16.9 Å². The first-order chi connectivity index (χ1) is 13.6. The minimum Gasteiger partial charge on any atom is -0.508 e. The third-order valence-electron chi connectivity index (χ3n) is 3.96. The van der Waals surface area contributed by atoms with Gasteiger partial charge in [0.05, 0.1) is 17.2 Å². The molecule has 0 saturated heterocycles. The largest absolute Gasteiger partial charge is 0.508 e. The number of amides is 1. The third-order valence-corrected chi connectivity index (χ3v) is 3.96. The Balaban J connectivity index is 1.58. The standard InChI is InChI=1S/C18H15N7O3/c19-17-16(23-28-24-17)18-21-13-6-1-2-7-14(13)25(18)10-15(27)22-20-9-11-4-3-5-12(26)8-11/h1-9,26H,10H2,(H2,19,24)(H,22,27)/b20-9+. The summed E-state index contributed by atoms with van der Waals surface area (Å²) in [6, 6.07) is 13.8. The Morgan fingerprint density at radius 3 is 2.89 bits per heavy atom. The number of fused-ring (bicyclic) bond motifs is 1. The summed E-state index contributed by atoms with van der Waals surface area (Å²) in [4.78, 5) is 16.9. The van der Waals surface area contributed by atoms with Crippen molar-refractivity contribution in [2.24, 2.45) is 5.10 Å². The number of carbonyl (C=O) groups is 1. The van der Waals surface area contributed by atoms with Crippen molar-refractivity contribution in [1.82, 2.24) is 25.3 Å². The normalized spacial score (nSPS) is 11.3. The molecule has 0 aliphatic rings. The number of hydrogen-bond acceptors (Lipinski definition) is 8. The Hall–Kier alpha value is -4.21. The van der Waals surface area contributed by atoms with Crippen LogP contribution in [0.4, 0.5) is 5.82 Å². The Morgan fingerprint density at radius 2 is 2.11 bits per heavy atom. The van der Waals surface area contributed by atoms with Crippen LogP contribution >= 0.6 is 0 Å². The molecule has 4 aromatic rings. The number of rotatable bonds is 5. The van der Waals surface area contributed by atoms with Crippen molar-refractivity contribution in [3.63, 3.8) is 0 Å². The van der Waals surface area contributed by atoms with Gasteiger partial charge in [-0.3, -0.25) is 4.79 Å². The van der Waals surface area contributed by atoms with Crippen LogP contribution < -0.4 is 11.2 Å². The lowest BCUT2D eigenvalue weighted by atomic mass is 10.2. The van der Waals surface area contributed by atoms with Gasteiger partial charge in [-0.15, -0.1) is 0 Å². The molecule has 0 aliphatic carbocycles. The number of phenols is 1. The average Bonchev–Trinajstić information content (AvgIpc) is 3.25. The van der Waals surface area contributed by atoms with E-state index >= 15 is 0 Å². The molecule has 0 fully saturated rings. The van der Waals surface area contributed by atoms with E-state index in [4.69, 9.17) is 5.73 Å². The van der Waals surface area contributed by atoms with Gasteiger partial charge < -0.3 is 15.4 Å². The number of nitrogen functional groups attached to an aromatic ring is 1. The molecule has 2 aromatic carbocycles. The maximum Gasteiger partial charge on any atom is 0.260 e. The number of nitrogens with zero attached hydrogens (tertiary/aromatic N) is 5. The first-order valence-corrected chi connectivity index (χ1v) is 8.26. The molecule has 28 heavy (non-hydrogen) atoms. The summed E-state index contributed by atoms with van der Waals surface area (Å²) in [6.07, 6.45) is 1.43. The van der Waals surface area contributed by atoms with Crippen LogP contribution in [0.3, 0.4) is 0 Å². The highest BCUT2D eigenvalue weighted by atomic mass is 16.6. The number of benzene rings is 2. The topological polar surface area (TPSA) is 144 Å². The van der Waals surface area contributed by atoms with Crippen LogP contribution in [0.25, 0.3) is 22.6 Å². The molecule has 2 aromatic heterocycles. The van der Waals surface area contributed by atoms with Crippen LogP contribution in [0.2, 0.25) is 0 Å². The molecule has 0 aliphatic heterocycles. The highest BCUT2D eigenvalue weighted by molar-refractivity contribution is 5.86. The highest BCUT2D eigenvalue weighted by Gasteiger charge is 2.20. The van der Waals surface area contributed by atoms with Gasteiger partial charge in [-0.25, -0.2) is 15.0 Å². The summed E-state index contributed by atoms with van der Waals surface area (Å²) in [5, 5.41) is 20.7. The molecule has 4 N–H and O–H groups in total. The fourth-order valence-corrected chi connectivity index (χ4v) is 2.73. The first-order valence-electron chi connectivity index (χ1n) is 8.26. The first kappa shape index (κ1) is 17.2. The molecule has 0 unspecified atom stereocenters. The second kappa shape index (κ2) is 7.19. The Bertz CT molecular complexity index is 1180. The Kier molecular flexibility index (Phi) is 4.42. The van der Waals surface area contributed by atoms with Gasteiger partial charge in [-0.2, -0.15) is 5.10 Å². The smallest absolute Gasteiger partial charge is 0.260 e. The lowest BCUT2D eigenvalue weighted by Crippen LogP contribution is -2.23. The van der Waals surface area contributed by atoms with Crippen molar-refractivity contribution in [3.05, 3.63) is 54.1 Å². The average molecular weight is 377 g/mol. The molecule has 1 amide bonds. The number of imidazole rings is 1. The zero-order valence-corrected chi connectivity index (χ0v) is 14.5. The van der Waals surface area contributed by atoms with Crippen molar-refractivity contribution in [1.29, 1.82) is 0 Å². The third kappa shape index (κ3) is 3.38. The second-order valence-corrected chi connectivity index (χ2v) is 5.90. The van der Waals surface area contributed by atoms with E-state index in [-0.39, 0.29) is 29.7 Å². The zero-order valence-electron chi connectivity index (χ0n) is 14.5. The molecular weight excluding hydrogens is 362 g/mol. The van der Waals surface area contributed by atoms with E-state index in [2.05, 4.69) is 30.5 Å². The van der Waals surface area contributed by atoms with Gasteiger partial charge in [0.15, 0.2) is 17.3 Å². The number of para-hydroxylation sites is 2. The fourth-order valence-electron chi connectivity index (χ4n) is 2.73. The molecule has 10 nitrogen and oxygen atoms in total. The number of aromatic nitrogens is 4. The summed E-state index contributed by atoms with van der Waals surface area (Å²) in [5.74, 6) is 0.186. The van der Waals surface area contributed by atoms with Crippen molar-refractivity contribution < 1.29 is 14.5 Å². The van der Waals surface area contributed by atoms with Gasteiger partial charge in [0.1, 0.15) is 12.3 Å². The predicted octanol–water partition coefficient (Wildman–Crippen LogP) is 1.52. The van der Waals surface area contributed by atoms with E-state index in [1.165, 1.54) is 12.3 Å². The molecule has 0 atom stereocenters. The van der Waals surface area contributed by atoms with Crippen molar-refractivity contribution in [2.45, 2.75) is 6.54 Å². The van der Waals surface area contributed by atoms with Crippen LogP contribution in [0.1, 0.15) is 5.56 Å². The van der Waals surface area contributed by atoms with Crippen LogP contribution in [0.15, 0.2) is 58.3 Å². The van der Waals surface area contributed by atoms with Crippen molar-refractivity contribution in [2.75, 3.05) is 5.73 Å². The lowest BCUT2D eigenvalue weighted by molar-refractivity contribution is -0.121. The number of hydrogen-bond donors (Lipinski definition) is 3. The van der Waals surface area contributed by atoms with Gasteiger partial charge >= 0.3 is 0 Å². The van der Waals surface area contributed by atoms with Crippen LogP contribution in [0.5, 0.6) is 5.75 Å². The summed E-state index contributed by atoms with van der Waals surface area (Å²) in [5.41, 5.74) is 10.5. The van der Waals surface area contributed by atoms with Crippen LogP contribution in [0, 0.1) is 0 Å². The van der Waals surface area contributed by atoms with E-state index in [0.717, 1.165) is 5.52 Å². The highest BCUT2D eigenvalue weighted by Crippen LogP contribution is 2.26. The molecule has 4 rings (SSSR count). The van der Waals surface area contributed by atoms with E-state index in [1.807, 2.05) is 24.3 Å². The van der Waals surface area contributed by atoms with Crippen molar-refractivity contribution in [3.8, 4) is 17.3 Å². The van der Waals surface area contributed by atoms with Gasteiger partial charge in [0, 0.05) is 0 Å².